The van der Waals surface area contributed by atoms with Gasteiger partial charge in [0.15, 0.2) is 12.1 Å². The quantitative estimate of drug-likeness (QED) is 0.220. The zero-order valence-electron chi connectivity index (χ0n) is 36.6. The Labute approximate surface area is 351 Å². The van der Waals surface area contributed by atoms with Crippen LogP contribution in [-0.4, -0.2) is 122 Å². The summed E-state index contributed by atoms with van der Waals surface area (Å²) in [5.74, 6) is -1.92. The molecule has 2 N–H and O–H groups in total. The van der Waals surface area contributed by atoms with E-state index in [9.17, 15) is 15.0 Å². The molecule has 330 valence electrons. The van der Waals surface area contributed by atoms with Crippen LogP contribution in [0, 0.1) is 29.6 Å². The minimum absolute atomic E-state index is 0.0158. The third-order valence-corrected chi connectivity index (χ3v) is 14.1. The number of aliphatic hydroxyl groups is 2. The number of methoxy groups -OCH3 is 2. The smallest absolute Gasteiger partial charge is 0.313 e. The highest BCUT2D eigenvalue weighted by molar-refractivity contribution is 5.76. The molecule has 12 heteroatoms. The Morgan fingerprint density at radius 3 is 2.42 bits per heavy atom. The van der Waals surface area contributed by atoms with E-state index < -0.39 is 48.5 Å². The van der Waals surface area contributed by atoms with Gasteiger partial charge in [0.05, 0.1) is 67.5 Å². The van der Waals surface area contributed by atoms with Crippen LogP contribution in [0.1, 0.15) is 93.4 Å². The maximum atomic E-state index is 14.2. The van der Waals surface area contributed by atoms with E-state index >= 15 is 0 Å². The number of aliphatic hydroxyl groups excluding tert-OH is 2. The summed E-state index contributed by atoms with van der Waals surface area (Å²) in [6.45, 7) is 14.8. The van der Waals surface area contributed by atoms with Crippen molar-refractivity contribution >= 4 is 5.97 Å². The van der Waals surface area contributed by atoms with Gasteiger partial charge in [-0.05, 0) is 68.7 Å². The van der Waals surface area contributed by atoms with Gasteiger partial charge < -0.3 is 52.8 Å². The molecule has 7 rings (SSSR count). The molecule has 1 saturated carbocycles. The fourth-order valence-corrected chi connectivity index (χ4v) is 10.7. The molecule has 1 spiro atoms. The predicted molar refractivity (Wildman–Crippen MR) is 220 cm³/mol. The Hall–Kier alpha value is -2.23. The Morgan fingerprint density at radius 1 is 0.898 bits per heavy atom. The molecule has 19 atom stereocenters. The third-order valence-electron chi connectivity index (χ3n) is 14.1. The van der Waals surface area contributed by atoms with Crippen molar-refractivity contribution < 1.29 is 57.6 Å². The van der Waals surface area contributed by atoms with Gasteiger partial charge in [0.2, 0.25) is 0 Å². The monoisotopic (exact) mass is 826 g/mol. The van der Waals surface area contributed by atoms with Gasteiger partial charge in [0.25, 0.3) is 0 Å². The lowest BCUT2D eigenvalue weighted by Crippen LogP contribution is -2.53. The van der Waals surface area contributed by atoms with E-state index in [1.165, 1.54) is 0 Å². The second-order valence-corrected chi connectivity index (χ2v) is 18.5. The van der Waals surface area contributed by atoms with Crippen LogP contribution in [-0.2, 0) is 47.4 Å². The molecule has 0 aromatic rings. The van der Waals surface area contributed by atoms with Crippen molar-refractivity contribution in [3.8, 4) is 0 Å². The van der Waals surface area contributed by atoms with E-state index in [2.05, 4.69) is 52.8 Å². The summed E-state index contributed by atoms with van der Waals surface area (Å²) in [6, 6.07) is 0. The molecular weight excluding hydrogens is 757 g/mol. The Kier molecular flexibility index (Phi) is 14.5. The highest BCUT2D eigenvalue weighted by atomic mass is 16.7. The summed E-state index contributed by atoms with van der Waals surface area (Å²) in [6.07, 6.45) is 13.9. The Morgan fingerprint density at radius 2 is 1.68 bits per heavy atom. The molecular formula is C47H70O12. The fraction of sp³-hybridized carbons (Fsp3) is 0.766. The molecule has 2 bridgehead atoms. The second kappa shape index (κ2) is 19.0. The van der Waals surface area contributed by atoms with Crippen molar-refractivity contribution in [2.45, 2.75) is 179 Å². The van der Waals surface area contributed by atoms with Crippen molar-refractivity contribution in [1.82, 2.24) is 0 Å². The number of esters is 1. The summed E-state index contributed by atoms with van der Waals surface area (Å²) < 4.78 is 57.7. The molecule has 3 saturated heterocycles. The molecule has 10 unspecified atom stereocenters. The van der Waals surface area contributed by atoms with Crippen molar-refractivity contribution in [1.29, 1.82) is 0 Å². The highest BCUT2D eigenvalue weighted by Crippen LogP contribution is 2.45. The van der Waals surface area contributed by atoms with Gasteiger partial charge >= 0.3 is 5.97 Å². The second-order valence-electron chi connectivity index (χ2n) is 18.5. The van der Waals surface area contributed by atoms with Gasteiger partial charge in [-0.3, -0.25) is 4.79 Å². The van der Waals surface area contributed by atoms with Crippen LogP contribution in [0.2, 0.25) is 0 Å². The average Bonchev–Trinajstić information content (AvgIpc) is 3.63. The van der Waals surface area contributed by atoms with E-state index in [1.807, 2.05) is 38.2 Å². The van der Waals surface area contributed by atoms with Crippen molar-refractivity contribution in [2.24, 2.45) is 29.6 Å². The Bertz CT molecular complexity index is 1620. The first-order valence-electron chi connectivity index (χ1n) is 22.2. The van der Waals surface area contributed by atoms with Crippen molar-refractivity contribution in [3.63, 3.8) is 0 Å². The van der Waals surface area contributed by atoms with Crippen LogP contribution in [0.4, 0.5) is 0 Å². The van der Waals surface area contributed by atoms with Crippen LogP contribution >= 0.6 is 0 Å². The summed E-state index contributed by atoms with van der Waals surface area (Å²) in [4.78, 5) is 14.2. The third kappa shape index (κ3) is 9.72. The van der Waals surface area contributed by atoms with E-state index in [4.69, 9.17) is 42.6 Å². The molecule has 5 heterocycles. The van der Waals surface area contributed by atoms with Crippen molar-refractivity contribution in [3.05, 3.63) is 59.3 Å². The molecule has 59 heavy (non-hydrogen) atoms. The lowest BCUT2D eigenvalue weighted by atomic mass is 9.75. The number of hydrogen-bond donors (Lipinski definition) is 2. The topological polar surface area (TPSA) is 141 Å². The predicted octanol–water partition coefficient (Wildman–Crippen LogP) is 6.29. The van der Waals surface area contributed by atoms with Gasteiger partial charge in [-0.25, -0.2) is 0 Å². The largest absolute Gasteiger partial charge is 0.462 e. The first-order valence-corrected chi connectivity index (χ1v) is 22.2. The minimum Gasteiger partial charge on any atom is -0.462 e. The van der Waals surface area contributed by atoms with Gasteiger partial charge in [-0.2, -0.15) is 0 Å². The molecule has 12 nitrogen and oxygen atoms in total. The molecule has 7 aliphatic rings. The lowest BCUT2D eigenvalue weighted by molar-refractivity contribution is -0.294. The zero-order valence-corrected chi connectivity index (χ0v) is 36.6. The number of hydrogen-bond acceptors (Lipinski definition) is 12. The van der Waals surface area contributed by atoms with E-state index in [1.54, 1.807) is 14.2 Å². The number of ether oxygens (including phenoxy) is 9. The molecule has 0 radical (unpaired) electrons. The van der Waals surface area contributed by atoms with Crippen molar-refractivity contribution in [2.75, 3.05) is 20.8 Å². The van der Waals surface area contributed by atoms with Crippen LogP contribution < -0.4 is 0 Å². The van der Waals surface area contributed by atoms with Crippen LogP contribution in [0.25, 0.3) is 0 Å². The van der Waals surface area contributed by atoms with E-state index in [0.29, 0.717) is 38.7 Å². The summed E-state index contributed by atoms with van der Waals surface area (Å²) in [7, 11) is 3.33. The zero-order chi connectivity index (χ0) is 42.2. The van der Waals surface area contributed by atoms with Gasteiger partial charge in [-0.1, -0.05) is 64.2 Å². The number of carbonyl (C=O) groups excluding carboxylic acids is 1. The van der Waals surface area contributed by atoms with Gasteiger partial charge in [0, 0.05) is 57.7 Å². The summed E-state index contributed by atoms with van der Waals surface area (Å²) >= 11 is 0. The molecule has 4 fully saturated rings. The maximum Gasteiger partial charge on any atom is 0.313 e. The lowest BCUT2D eigenvalue weighted by Gasteiger charge is -2.47. The molecule has 2 aliphatic carbocycles. The fourth-order valence-electron chi connectivity index (χ4n) is 10.7. The molecule has 0 amide bonds. The first-order chi connectivity index (χ1) is 28.2. The number of carbonyl (C=O) groups is 1. The molecule has 5 aliphatic heterocycles. The first kappa shape index (κ1) is 44.8. The minimum atomic E-state index is -1.00. The Balaban J connectivity index is 1.16. The van der Waals surface area contributed by atoms with Crippen LogP contribution in [0.5, 0.6) is 0 Å². The molecule has 0 aromatic carbocycles. The molecule has 0 aromatic heterocycles. The van der Waals surface area contributed by atoms with E-state index in [-0.39, 0.29) is 72.4 Å². The van der Waals surface area contributed by atoms with E-state index in [0.717, 1.165) is 29.6 Å². The standard InChI is InChI=1S/C47H70O12/c1-10-36-25(2)16-17-47(59-36)23-34-20-32(58-47)15-14-27(4)43(26(3)12-11-13-31-24-53-45-40(31)35(46(50)56-34)19-28(5)41(45)48)55-33-18-29(6)44(38(21-33)52-9)57-39-22-37(51-8)42(49)30(7)54-39/h11-14,16-17,19,25-26,29-30,32-45,48-49H,10,15,18,20-24H2,1-9H3/b12-11-,27-14-,31-13?/t25?,26?,29-,30+,32?,33-,34+,35-,36?,37+,38+,39+,40?,41-,42?,43?,44?,45?,47?/m1/s1. The van der Waals surface area contributed by atoms with Crippen LogP contribution in [0.15, 0.2) is 59.3 Å². The SMILES string of the molecule is CCC1OC2(C=CC1C)C[C@@H]1CC(C/C=C(/C)C(O[C@@H]3C[C@@H](C)C(O[C@H]4C[C@H](OC)C(O)[C@H](C)O4)[C@@H](OC)C3)C(C)/C=C\C=C3COC4C3[C@@H](C=C(C)[C@H]4O)C(=O)O1)O2. The summed E-state index contributed by atoms with van der Waals surface area (Å²) in [5, 5.41) is 21.7. The highest BCUT2D eigenvalue weighted by Gasteiger charge is 2.51. The van der Waals surface area contributed by atoms with Crippen LogP contribution in [0.3, 0.4) is 0 Å². The van der Waals surface area contributed by atoms with Gasteiger partial charge in [-0.15, -0.1) is 0 Å². The van der Waals surface area contributed by atoms with Gasteiger partial charge in [0.1, 0.15) is 18.3 Å². The number of allylic oxidation sites excluding steroid dienone is 2. The number of rotatable bonds is 7. The average molecular weight is 827 g/mol. The number of fused-ring (bicyclic) bond motifs is 2. The maximum absolute atomic E-state index is 14.2. The normalized spacial score (nSPS) is 48.3. The summed E-state index contributed by atoms with van der Waals surface area (Å²) in [5.41, 5.74) is 2.76.